The van der Waals surface area contributed by atoms with E-state index in [0.717, 1.165) is 23.6 Å². The lowest BCUT2D eigenvalue weighted by Gasteiger charge is -2.11. The van der Waals surface area contributed by atoms with Crippen LogP contribution in [0, 0.1) is 6.92 Å². The number of aromatic nitrogens is 2. The van der Waals surface area contributed by atoms with Crippen LogP contribution in [0.2, 0.25) is 0 Å². The Labute approximate surface area is 119 Å². The van der Waals surface area contributed by atoms with Crippen molar-refractivity contribution < 1.29 is 0 Å². The number of benzene rings is 2. The van der Waals surface area contributed by atoms with Crippen molar-refractivity contribution in [3.8, 4) is 0 Å². The number of imidazole rings is 1. The maximum Gasteiger partial charge on any atom is 0.106 e. The second-order valence-electron chi connectivity index (χ2n) is 5.24. The molecular weight excluding hydrogens is 244 g/mol. The van der Waals surface area contributed by atoms with Crippen LogP contribution in [0.3, 0.4) is 0 Å². The number of fused-ring (bicyclic) bond motifs is 1. The monoisotopic (exact) mass is 262 g/mol. The first-order valence-electron chi connectivity index (χ1n) is 6.81. The molecular formula is C18H18N2. The van der Waals surface area contributed by atoms with Gasteiger partial charge in [0.15, 0.2) is 0 Å². The largest absolute Gasteiger partial charge is 0.324 e. The predicted molar refractivity (Wildman–Crippen MR) is 84.7 cm³/mol. The molecule has 1 aromatic heterocycles. The summed E-state index contributed by atoms with van der Waals surface area (Å²) >= 11 is 0. The number of hydrogen-bond donors (Lipinski definition) is 0. The molecule has 100 valence electrons. The maximum absolute atomic E-state index is 4.40. The quantitative estimate of drug-likeness (QED) is 0.683. The molecule has 3 aromatic rings. The van der Waals surface area contributed by atoms with Crippen LogP contribution in [0.25, 0.3) is 16.3 Å². The zero-order valence-corrected chi connectivity index (χ0v) is 11.9. The minimum absolute atomic E-state index is 0.832. The third kappa shape index (κ3) is 2.25. The molecule has 3 rings (SSSR count). The summed E-state index contributed by atoms with van der Waals surface area (Å²) in [5.74, 6) is 1.02. The van der Waals surface area contributed by atoms with E-state index in [1.165, 1.54) is 16.3 Å². The molecule has 0 fully saturated rings. The van der Waals surface area contributed by atoms with Gasteiger partial charge in [-0.15, -0.1) is 0 Å². The molecule has 0 saturated carbocycles. The summed E-state index contributed by atoms with van der Waals surface area (Å²) in [6.45, 7) is 8.92. The van der Waals surface area contributed by atoms with Crippen molar-refractivity contribution in [2.75, 3.05) is 0 Å². The van der Waals surface area contributed by atoms with Crippen LogP contribution in [0.15, 0.2) is 55.2 Å². The van der Waals surface area contributed by atoms with Crippen molar-refractivity contribution in [1.29, 1.82) is 0 Å². The van der Waals surface area contributed by atoms with E-state index < -0.39 is 0 Å². The summed E-state index contributed by atoms with van der Waals surface area (Å²) in [5.41, 5.74) is 3.44. The van der Waals surface area contributed by atoms with Crippen LogP contribution in [-0.2, 0) is 6.54 Å². The molecule has 0 bridgehead atoms. The standard InChI is InChI=1S/C18H18N2/c1-13(2)18-11-19-14(3)20(18)12-15-8-9-16-6-4-5-7-17(16)10-15/h4-11H,1,12H2,2-3H3. The molecule has 0 unspecified atom stereocenters. The van der Waals surface area contributed by atoms with Gasteiger partial charge < -0.3 is 4.57 Å². The smallest absolute Gasteiger partial charge is 0.106 e. The van der Waals surface area contributed by atoms with Gasteiger partial charge in [0.25, 0.3) is 0 Å². The fourth-order valence-electron chi connectivity index (χ4n) is 2.53. The number of allylic oxidation sites excluding steroid dienone is 1. The SMILES string of the molecule is C=C(C)c1cnc(C)n1Cc1ccc2ccccc2c1. The zero-order chi connectivity index (χ0) is 14.1. The van der Waals surface area contributed by atoms with Gasteiger partial charge >= 0.3 is 0 Å². The molecule has 1 heterocycles. The second-order valence-corrected chi connectivity index (χ2v) is 5.24. The van der Waals surface area contributed by atoms with Gasteiger partial charge in [0.05, 0.1) is 11.9 Å². The van der Waals surface area contributed by atoms with Crippen LogP contribution in [0.5, 0.6) is 0 Å². The van der Waals surface area contributed by atoms with E-state index in [1.807, 2.05) is 20.0 Å². The van der Waals surface area contributed by atoms with Gasteiger partial charge in [-0.05, 0) is 41.8 Å². The number of aryl methyl sites for hydroxylation is 1. The average Bonchev–Trinajstić information content (AvgIpc) is 2.80. The van der Waals surface area contributed by atoms with E-state index in [2.05, 4.69) is 58.6 Å². The molecule has 0 atom stereocenters. The highest BCUT2D eigenvalue weighted by Crippen LogP contribution is 2.19. The van der Waals surface area contributed by atoms with Crippen LogP contribution >= 0.6 is 0 Å². The summed E-state index contributed by atoms with van der Waals surface area (Å²) in [6, 6.07) is 15.0. The second kappa shape index (κ2) is 4.97. The lowest BCUT2D eigenvalue weighted by molar-refractivity contribution is 0.752. The van der Waals surface area contributed by atoms with Crippen molar-refractivity contribution in [2.24, 2.45) is 0 Å². The Balaban J connectivity index is 2.01. The van der Waals surface area contributed by atoms with Crippen molar-refractivity contribution in [1.82, 2.24) is 9.55 Å². The minimum atomic E-state index is 0.832. The Hall–Kier alpha value is -2.35. The molecule has 0 aliphatic carbocycles. The average molecular weight is 262 g/mol. The lowest BCUT2D eigenvalue weighted by atomic mass is 10.1. The van der Waals surface area contributed by atoms with E-state index in [9.17, 15) is 0 Å². The van der Waals surface area contributed by atoms with Crippen molar-refractivity contribution in [2.45, 2.75) is 20.4 Å². The van der Waals surface area contributed by atoms with Crippen molar-refractivity contribution >= 4 is 16.3 Å². The molecule has 2 aromatic carbocycles. The summed E-state index contributed by atoms with van der Waals surface area (Å²) in [4.78, 5) is 4.40. The van der Waals surface area contributed by atoms with Crippen molar-refractivity contribution in [3.63, 3.8) is 0 Å². The Bertz CT molecular complexity index is 781. The van der Waals surface area contributed by atoms with Gasteiger partial charge in [-0.25, -0.2) is 4.98 Å². The molecule has 0 saturated heterocycles. The molecule has 2 nitrogen and oxygen atoms in total. The van der Waals surface area contributed by atoms with Crippen LogP contribution in [-0.4, -0.2) is 9.55 Å². The van der Waals surface area contributed by atoms with Gasteiger partial charge in [-0.1, -0.05) is 43.0 Å². The van der Waals surface area contributed by atoms with Gasteiger partial charge in [0.1, 0.15) is 5.82 Å². The predicted octanol–water partition coefficient (Wildman–Crippen LogP) is 4.43. The van der Waals surface area contributed by atoms with Crippen LogP contribution in [0.1, 0.15) is 24.0 Å². The highest BCUT2D eigenvalue weighted by Gasteiger charge is 2.08. The molecule has 2 heteroatoms. The van der Waals surface area contributed by atoms with Crippen LogP contribution < -0.4 is 0 Å². The first-order chi connectivity index (χ1) is 9.65. The number of nitrogens with zero attached hydrogens (tertiary/aromatic N) is 2. The Kier molecular flexibility index (Phi) is 3.15. The fraction of sp³-hybridized carbons (Fsp3) is 0.167. The molecule has 0 radical (unpaired) electrons. The number of rotatable bonds is 3. The lowest BCUT2D eigenvalue weighted by Crippen LogP contribution is -2.05. The highest BCUT2D eigenvalue weighted by atomic mass is 15.1. The van der Waals surface area contributed by atoms with E-state index in [1.54, 1.807) is 0 Å². The molecule has 0 aliphatic rings. The van der Waals surface area contributed by atoms with E-state index in [4.69, 9.17) is 0 Å². The highest BCUT2D eigenvalue weighted by molar-refractivity contribution is 5.83. The van der Waals surface area contributed by atoms with Gasteiger partial charge in [0, 0.05) is 6.54 Å². The maximum atomic E-state index is 4.40. The first kappa shape index (κ1) is 12.7. The fourth-order valence-corrected chi connectivity index (χ4v) is 2.53. The van der Waals surface area contributed by atoms with Gasteiger partial charge in [-0.3, -0.25) is 0 Å². The third-order valence-electron chi connectivity index (χ3n) is 3.65. The minimum Gasteiger partial charge on any atom is -0.324 e. The normalized spacial score (nSPS) is 10.9. The molecule has 0 N–H and O–H groups in total. The molecule has 20 heavy (non-hydrogen) atoms. The van der Waals surface area contributed by atoms with Gasteiger partial charge in [0.2, 0.25) is 0 Å². The summed E-state index contributed by atoms with van der Waals surface area (Å²) in [7, 11) is 0. The van der Waals surface area contributed by atoms with E-state index in [0.29, 0.717) is 0 Å². The van der Waals surface area contributed by atoms with E-state index in [-0.39, 0.29) is 0 Å². The third-order valence-corrected chi connectivity index (χ3v) is 3.65. The summed E-state index contributed by atoms with van der Waals surface area (Å²) in [5, 5.41) is 2.55. The Morgan fingerprint density at radius 3 is 2.65 bits per heavy atom. The van der Waals surface area contributed by atoms with E-state index >= 15 is 0 Å². The Morgan fingerprint density at radius 2 is 1.90 bits per heavy atom. The number of hydrogen-bond acceptors (Lipinski definition) is 1. The first-order valence-corrected chi connectivity index (χ1v) is 6.81. The topological polar surface area (TPSA) is 17.8 Å². The van der Waals surface area contributed by atoms with Gasteiger partial charge in [-0.2, -0.15) is 0 Å². The zero-order valence-electron chi connectivity index (χ0n) is 11.9. The molecule has 0 aliphatic heterocycles. The van der Waals surface area contributed by atoms with Crippen molar-refractivity contribution in [3.05, 3.63) is 72.3 Å². The summed E-state index contributed by atoms with van der Waals surface area (Å²) in [6.07, 6.45) is 1.90. The molecule has 0 amide bonds. The van der Waals surface area contributed by atoms with Crippen LogP contribution in [0.4, 0.5) is 0 Å². The molecule has 0 spiro atoms. The summed E-state index contributed by atoms with van der Waals surface area (Å²) < 4.78 is 2.21. The Morgan fingerprint density at radius 1 is 1.15 bits per heavy atom.